The molecule has 1 spiro atoms. The van der Waals surface area contributed by atoms with Crippen LogP contribution in [-0.2, 0) is 9.78 Å². The van der Waals surface area contributed by atoms with E-state index in [4.69, 9.17) is 9.78 Å². The van der Waals surface area contributed by atoms with Gasteiger partial charge >= 0.3 is 0 Å². The SMILES string of the molecule is CCCCCCC1CC[C@]2(CCCCCCC2COO)C(CC2CCCCCCC2COO)C1CCCCCC. The molecule has 236 valence electrons. The van der Waals surface area contributed by atoms with Crippen molar-refractivity contribution in [2.75, 3.05) is 13.2 Å². The molecule has 3 aliphatic carbocycles. The third-order valence-electron chi connectivity index (χ3n) is 12.1. The van der Waals surface area contributed by atoms with E-state index in [1.807, 2.05) is 0 Å². The average Bonchev–Trinajstić information content (AvgIpc) is 2.94. The summed E-state index contributed by atoms with van der Waals surface area (Å²) in [5, 5.41) is 19.4. The fraction of sp³-hybridized carbons (Fsp3) is 1.00. The molecule has 40 heavy (non-hydrogen) atoms. The second kappa shape index (κ2) is 19.9. The zero-order valence-electron chi connectivity index (χ0n) is 26.8. The van der Waals surface area contributed by atoms with Gasteiger partial charge in [-0.05, 0) is 85.9 Å². The van der Waals surface area contributed by atoms with Crippen molar-refractivity contribution in [2.24, 2.45) is 40.9 Å². The smallest absolute Gasteiger partial charge is 0.0853 e. The zero-order chi connectivity index (χ0) is 28.5. The van der Waals surface area contributed by atoms with Gasteiger partial charge in [0.15, 0.2) is 0 Å². The lowest BCUT2D eigenvalue weighted by Gasteiger charge is -2.57. The molecule has 0 amide bonds. The fourth-order valence-corrected chi connectivity index (χ4v) is 9.89. The van der Waals surface area contributed by atoms with Crippen LogP contribution in [0.2, 0.25) is 0 Å². The van der Waals surface area contributed by atoms with Gasteiger partial charge in [0.2, 0.25) is 0 Å². The summed E-state index contributed by atoms with van der Waals surface area (Å²) in [5.41, 5.74) is 0.297. The summed E-state index contributed by atoms with van der Waals surface area (Å²) < 4.78 is 0. The molecule has 0 heterocycles. The normalized spacial score (nSPS) is 34.2. The van der Waals surface area contributed by atoms with Crippen LogP contribution in [0.15, 0.2) is 0 Å². The second-order valence-electron chi connectivity index (χ2n) is 14.5. The molecule has 4 nitrogen and oxygen atoms in total. The molecule has 3 aliphatic rings. The predicted octanol–water partition coefficient (Wildman–Crippen LogP) is 11.5. The molecular formula is C36H68O4. The Labute approximate surface area is 248 Å². The van der Waals surface area contributed by atoms with E-state index in [1.165, 1.54) is 161 Å². The summed E-state index contributed by atoms with van der Waals surface area (Å²) in [6.07, 6.45) is 33.4. The van der Waals surface area contributed by atoms with Crippen molar-refractivity contribution in [1.82, 2.24) is 0 Å². The molecule has 0 bridgehead atoms. The van der Waals surface area contributed by atoms with E-state index in [2.05, 4.69) is 13.8 Å². The molecule has 0 saturated heterocycles. The van der Waals surface area contributed by atoms with Crippen LogP contribution >= 0.6 is 0 Å². The second-order valence-corrected chi connectivity index (χ2v) is 14.5. The first kappa shape index (κ1) is 34.3. The quantitative estimate of drug-likeness (QED) is 0.111. The van der Waals surface area contributed by atoms with Crippen molar-refractivity contribution < 1.29 is 20.3 Å². The summed E-state index contributed by atoms with van der Waals surface area (Å²) in [6.45, 7) is 5.70. The van der Waals surface area contributed by atoms with Crippen molar-refractivity contribution in [2.45, 2.75) is 174 Å². The molecule has 0 aromatic heterocycles. The van der Waals surface area contributed by atoms with Crippen LogP contribution in [0, 0.1) is 40.9 Å². The van der Waals surface area contributed by atoms with Gasteiger partial charge in [0, 0.05) is 0 Å². The summed E-state index contributed by atoms with van der Waals surface area (Å²) >= 11 is 0. The molecule has 0 aromatic carbocycles. The van der Waals surface area contributed by atoms with Crippen LogP contribution in [0.5, 0.6) is 0 Å². The van der Waals surface area contributed by atoms with E-state index in [9.17, 15) is 10.5 Å². The van der Waals surface area contributed by atoms with Crippen LogP contribution in [0.25, 0.3) is 0 Å². The lowest BCUT2D eigenvalue weighted by molar-refractivity contribution is -0.266. The van der Waals surface area contributed by atoms with Gasteiger partial charge in [0.25, 0.3) is 0 Å². The number of unbranched alkanes of at least 4 members (excludes halogenated alkanes) is 6. The minimum atomic E-state index is 0.297. The van der Waals surface area contributed by atoms with Gasteiger partial charge in [-0.3, -0.25) is 10.5 Å². The Morgan fingerprint density at radius 2 is 1.20 bits per heavy atom. The number of hydrogen-bond donors (Lipinski definition) is 2. The van der Waals surface area contributed by atoms with Crippen molar-refractivity contribution in [3.05, 3.63) is 0 Å². The van der Waals surface area contributed by atoms with Gasteiger partial charge in [-0.2, -0.15) is 0 Å². The van der Waals surface area contributed by atoms with E-state index in [0.717, 1.165) is 11.8 Å². The Morgan fingerprint density at radius 1 is 0.575 bits per heavy atom. The van der Waals surface area contributed by atoms with Crippen molar-refractivity contribution >= 4 is 0 Å². The highest BCUT2D eigenvalue weighted by molar-refractivity contribution is 5.02. The first-order valence-corrected chi connectivity index (χ1v) is 18.2. The minimum Gasteiger partial charge on any atom is -0.252 e. The predicted molar refractivity (Wildman–Crippen MR) is 167 cm³/mol. The largest absolute Gasteiger partial charge is 0.252 e. The Hall–Kier alpha value is -0.160. The molecule has 3 fully saturated rings. The highest BCUT2D eigenvalue weighted by atomic mass is 17.1. The number of rotatable bonds is 16. The molecule has 0 aromatic rings. The summed E-state index contributed by atoms with van der Waals surface area (Å²) in [4.78, 5) is 9.95. The molecule has 0 radical (unpaired) electrons. The van der Waals surface area contributed by atoms with Crippen LogP contribution in [0.4, 0.5) is 0 Å². The van der Waals surface area contributed by atoms with Crippen LogP contribution in [0.1, 0.15) is 174 Å². The summed E-state index contributed by atoms with van der Waals surface area (Å²) in [5.74, 6) is 3.97. The number of hydrogen-bond acceptors (Lipinski definition) is 4. The standard InChI is InChI=1S/C36H68O4/c1-3-5-7-13-19-30-24-26-36(25-18-12-11-16-22-33(36)29-40-38)35(34(30)23-17-8-6-4-2)27-31-20-14-9-10-15-21-32(31)28-39-37/h30-35,37-38H,3-29H2,1-2H3/t30?,31?,32?,33?,34?,35?,36-/m0/s1. The van der Waals surface area contributed by atoms with E-state index in [0.29, 0.717) is 42.3 Å². The van der Waals surface area contributed by atoms with Crippen LogP contribution in [-0.4, -0.2) is 23.7 Å². The van der Waals surface area contributed by atoms with Gasteiger partial charge in [0.1, 0.15) is 0 Å². The Kier molecular flexibility index (Phi) is 17.1. The molecule has 2 N–H and O–H groups in total. The van der Waals surface area contributed by atoms with Gasteiger partial charge in [-0.15, -0.1) is 0 Å². The van der Waals surface area contributed by atoms with E-state index in [-0.39, 0.29) is 0 Å². The van der Waals surface area contributed by atoms with Gasteiger partial charge in [-0.25, -0.2) is 9.78 Å². The van der Waals surface area contributed by atoms with Crippen molar-refractivity contribution in [3.63, 3.8) is 0 Å². The molecule has 7 atom stereocenters. The topological polar surface area (TPSA) is 58.9 Å². The van der Waals surface area contributed by atoms with Crippen molar-refractivity contribution in [3.8, 4) is 0 Å². The van der Waals surface area contributed by atoms with E-state index < -0.39 is 0 Å². The molecule has 3 rings (SSSR count). The Morgan fingerprint density at radius 3 is 1.88 bits per heavy atom. The van der Waals surface area contributed by atoms with Gasteiger partial charge in [0.05, 0.1) is 13.2 Å². The maximum absolute atomic E-state index is 9.82. The maximum Gasteiger partial charge on any atom is 0.0853 e. The Balaban J connectivity index is 1.97. The highest BCUT2D eigenvalue weighted by Crippen LogP contribution is 2.60. The fourth-order valence-electron chi connectivity index (χ4n) is 9.89. The highest BCUT2D eigenvalue weighted by Gasteiger charge is 2.52. The third-order valence-corrected chi connectivity index (χ3v) is 12.1. The lowest BCUT2D eigenvalue weighted by atomic mass is 9.48. The lowest BCUT2D eigenvalue weighted by Crippen LogP contribution is -2.50. The molecule has 0 aliphatic heterocycles. The molecule has 4 heteroatoms. The maximum atomic E-state index is 9.82. The van der Waals surface area contributed by atoms with Gasteiger partial charge in [-0.1, -0.05) is 129 Å². The van der Waals surface area contributed by atoms with Crippen LogP contribution in [0.3, 0.4) is 0 Å². The van der Waals surface area contributed by atoms with Crippen LogP contribution < -0.4 is 0 Å². The van der Waals surface area contributed by atoms with E-state index in [1.54, 1.807) is 0 Å². The molecular weight excluding hydrogens is 496 g/mol. The Bertz CT molecular complexity index is 626. The zero-order valence-corrected chi connectivity index (χ0v) is 26.8. The minimum absolute atomic E-state index is 0.297. The summed E-state index contributed by atoms with van der Waals surface area (Å²) in [6, 6.07) is 0. The molecule has 3 saturated carbocycles. The van der Waals surface area contributed by atoms with Crippen molar-refractivity contribution in [1.29, 1.82) is 0 Å². The first-order chi connectivity index (χ1) is 19.7. The average molecular weight is 565 g/mol. The third kappa shape index (κ3) is 10.2. The van der Waals surface area contributed by atoms with E-state index >= 15 is 0 Å². The van der Waals surface area contributed by atoms with Gasteiger partial charge < -0.3 is 0 Å². The first-order valence-electron chi connectivity index (χ1n) is 18.2. The molecule has 6 unspecified atom stereocenters. The summed E-state index contributed by atoms with van der Waals surface area (Å²) in [7, 11) is 0. The monoisotopic (exact) mass is 565 g/mol.